The molecule has 0 unspecified atom stereocenters. The zero-order valence-corrected chi connectivity index (χ0v) is 10.5. The van der Waals surface area contributed by atoms with Crippen molar-refractivity contribution < 1.29 is 23.1 Å². The Morgan fingerprint density at radius 1 is 1.00 bits per heavy atom. The van der Waals surface area contributed by atoms with Crippen LogP contribution in [0.2, 0.25) is 0 Å². The van der Waals surface area contributed by atoms with Crippen LogP contribution < -0.4 is 0 Å². The fourth-order valence-corrected chi connectivity index (χ4v) is 1.82. The van der Waals surface area contributed by atoms with Gasteiger partial charge in [0, 0.05) is 6.42 Å². The quantitative estimate of drug-likeness (QED) is 0.753. The number of aliphatic carboxylic acids is 1. The molecule has 0 aliphatic rings. The largest absolute Gasteiger partial charge is 0.481 e. The summed E-state index contributed by atoms with van der Waals surface area (Å²) in [6, 6.07) is 5.19. The number of unbranched alkanes of at least 4 members (excludes halogenated alkanes) is 3. The van der Waals surface area contributed by atoms with E-state index in [1.165, 1.54) is 12.1 Å². The van der Waals surface area contributed by atoms with Crippen molar-refractivity contribution in [2.24, 2.45) is 0 Å². The number of rotatable bonds is 7. The molecule has 0 atom stereocenters. The molecule has 2 nitrogen and oxygen atoms in total. The number of carboxylic acid groups (broad SMARTS) is 1. The Kier molecular flexibility index (Phi) is 5.86. The molecule has 0 aliphatic heterocycles. The number of carbonyl (C=O) groups is 1. The predicted octanol–water partition coefficient (Wildman–Crippen LogP) is 4.28. The SMILES string of the molecule is O=C(O)CCCCCCc1ccc(C(F)(F)F)cc1. The van der Waals surface area contributed by atoms with Gasteiger partial charge in [0.1, 0.15) is 0 Å². The van der Waals surface area contributed by atoms with Gasteiger partial charge in [0.05, 0.1) is 5.56 Å². The summed E-state index contributed by atoms with van der Waals surface area (Å²) in [5, 5.41) is 8.45. The predicted molar refractivity (Wildman–Crippen MR) is 65.9 cm³/mol. The van der Waals surface area contributed by atoms with Gasteiger partial charge in [-0.05, 0) is 37.0 Å². The number of benzene rings is 1. The van der Waals surface area contributed by atoms with Crippen molar-refractivity contribution in [1.29, 1.82) is 0 Å². The van der Waals surface area contributed by atoms with Gasteiger partial charge in [-0.1, -0.05) is 25.0 Å². The Bertz CT molecular complexity index is 396. The van der Waals surface area contributed by atoms with Gasteiger partial charge in [0.25, 0.3) is 0 Å². The van der Waals surface area contributed by atoms with E-state index in [-0.39, 0.29) is 6.42 Å². The molecule has 0 saturated heterocycles. The molecule has 19 heavy (non-hydrogen) atoms. The average Bonchev–Trinajstić information content (AvgIpc) is 2.32. The van der Waals surface area contributed by atoms with Crippen LogP contribution in [0.25, 0.3) is 0 Å². The lowest BCUT2D eigenvalue weighted by Gasteiger charge is -2.07. The minimum Gasteiger partial charge on any atom is -0.481 e. The van der Waals surface area contributed by atoms with Gasteiger partial charge in [-0.25, -0.2) is 0 Å². The summed E-state index contributed by atoms with van der Waals surface area (Å²) in [7, 11) is 0. The standard InChI is InChI=1S/C14H17F3O2/c15-14(16,17)12-9-7-11(8-10-12)5-3-1-2-4-6-13(18)19/h7-10H,1-6H2,(H,18,19). The topological polar surface area (TPSA) is 37.3 Å². The van der Waals surface area contributed by atoms with E-state index in [2.05, 4.69) is 0 Å². The van der Waals surface area contributed by atoms with Crippen LogP contribution in [0.4, 0.5) is 13.2 Å². The Balaban J connectivity index is 2.25. The van der Waals surface area contributed by atoms with Crippen molar-refractivity contribution in [3.8, 4) is 0 Å². The van der Waals surface area contributed by atoms with Crippen molar-refractivity contribution >= 4 is 5.97 Å². The molecule has 0 radical (unpaired) electrons. The van der Waals surface area contributed by atoms with Crippen molar-refractivity contribution in [2.45, 2.75) is 44.7 Å². The highest BCUT2D eigenvalue weighted by atomic mass is 19.4. The Labute approximate surface area is 110 Å². The van der Waals surface area contributed by atoms with Crippen LogP contribution in [0.5, 0.6) is 0 Å². The normalized spacial score (nSPS) is 11.5. The molecular weight excluding hydrogens is 257 g/mol. The lowest BCUT2D eigenvalue weighted by molar-refractivity contribution is -0.138. The first kappa shape index (κ1) is 15.5. The average molecular weight is 274 g/mol. The maximum Gasteiger partial charge on any atom is 0.416 e. The van der Waals surface area contributed by atoms with Crippen LogP contribution in [-0.4, -0.2) is 11.1 Å². The van der Waals surface area contributed by atoms with E-state index >= 15 is 0 Å². The molecule has 0 saturated carbocycles. The van der Waals surface area contributed by atoms with E-state index in [9.17, 15) is 18.0 Å². The zero-order valence-electron chi connectivity index (χ0n) is 10.5. The maximum absolute atomic E-state index is 12.3. The molecule has 0 bridgehead atoms. The minimum atomic E-state index is -4.28. The number of carboxylic acids is 1. The first-order valence-corrected chi connectivity index (χ1v) is 6.27. The first-order valence-electron chi connectivity index (χ1n) is 6.27. The molecule has 0 spiro atoms. The van der Waals surface area contributed by atoms with Crippen molar-refractivity contribution in [1.82, 2.24) is 0 Å². The van der Waals surface area contributed by atoms with Crippen LogP contribution in [0, 0.1) is 0 Å². The molecule has 1 rings (SSSR count). The smallest absolute Gasteiger partial charge is 0.416 e. The second-order valence-corrected chi connectivity index (χ2v) is 4.50. The summed E-state index contributed by atoms with van der Waals surface area (Å²) >= 11 is 0. The molecule has 5 heteroatoms. The van der Waals surface area contributed by atoms with Gasteiger partial charge in [-0.15, -0.1) is 0 Å². The first-order chi connectivity index (χ1) is 8.89. The van der Waals surface area contributed by atoms with E-state index in [4.69, 9.17) is 5.11 Å². The van der Waals surface area contributed by atoms with Crippen LogP contribution in [-0.2, 0) is 17.4 Å². The van der Waals surface area contributed by atoms with Crippen LogP contribution in [0.3, 0.4) is 0 Å². The number of aryl methyl sites for hydroxylation is 1. The van der Waals surface area contributed by atoms with Gasteiger partial charge >= 0.3 is 12.1 Å². The summed E-state index contributed by atoms with van der Waals surface area (Å²) in [5.74, 6) is -0.789. The van der Waals surface area contributed by atoms with Gasteiger partial charge in [-0.2, -0.15) is 13.2 Å². The number of alkyl halides is 3. The molecule has 1 N–H and O–H groups in total. The third kappa shape index (κ3) is 6.27. The van der Waals surface area contributed by atoms with E-state index in [1.807, 2.05) is 0 Å². The molecule has 1 aromatic rings. The third-order valence-corrected chi connectivity index (χ3v) is 2.89. The number of hydrogen-bond donors (Lipinski definition) is 1. The van der Waals surface area contributed by atoms with Gasteiger partial charge in [0.15, 0.2) is 0 Å². The van der Waals surface area contributed by atoms with E-state index in [0.717, 1.165) is 43.4 Å². The van der Waals surface area contributed by atoms with Gasteiger partial charge in [0.2, 0.25) is 0 Å². The third-order valence-electron chi connectivity index (χ3n) is 2.89. The second kappa shape index (κ2) is 7.16. The molecule has 0 amide bonds. The van der Waals surface area contributed by atoms with Crippen LogP contribution >= 0.6 is 0 Å². The highest BCUT2D eigenvalue weighted by Crippen LogP contribution is 2.29. The molecule has 0 fully saturated rings. The lowest BCUT2D eigenvalue weighted by Crippen LogP contribution is -2.04. The Hall–Kier alpha value is -1.52. The Morgan fingerprint density at radius 2 is 1.58 bits per heavy atom. The highest BCUT2D eigenvalue weighted by molar-refractivity contribution is 5.66. The molecule has 0 aromatic heterocycles. The molecule has 106 valence electrons. The number of halogens is 3. The van der Waals surface area contributed by atoms with E-state index in [1.54, 1.807) is 0 Å². The van der Waals surface area contributed by atoms with Crippen LogP contribution in [0.1, 0.15) is 43.2 Å². The second-order valence-electron chi connectivity index (χ2n) is 4.50. The lowest BCUT2D eigenvalue weighted by atomic mass is 10.0. The fraction of sp³-hybridized carbons (Fsp3) is 0.500. The summed E-state index contributed by atoms with van der Waals surface area (Å²) in [4.78, 5) is 10.3. The van der Waals surface area contributed by atoms with Crippen LogP contribution in [0.15, 0.2) is 24.3 Å². The van der Waals surface area contributed by atoms with Crippen molar-refractivity contribution in [3.63, 3.8) is 0 Å². The zero-order chi connectivity index (χ0) is 14.3. The fourth-order valence-electron chi connectivity index (χ4n) is 1.82. The maximum atomic E-state index is 12.3. The molecule has 1 aromatic carbocycles. The minimum absolute atomic E-state index is 0.181. The highest BCUT2D eigenvalue weighted by Gasteiger charge is 2.29. The summed E-state index contributed by atoms with van der Waals surface area (Å²) < 4.78 is 37.0. The molecule has 0 aliphatic carbocycles. The monoisotopic (exact) mass is 274 g/mol. The van der Waals surface area contributed by atoms with Crippen molar-refractivity contribution in [2.75, 3.05) is 0 Å². The Morgan fingerprint density at radius 3 is 2.11 bits per heavy atom. The van der Waals surface area contributed by atoms with Gasteiger partial charge < -0.3 is 5.11 Å². The number of hydrogen-bond acceptors (Lipinski definition) is 1. The van der Waals surface area contributed by atoms with Gasteiger partial charge in [-0.3, -0.25) is 4.79 Å². The van der Waals surface area contributed by atoms with E-state index in [0.29, 0.717) is 6.42 Å². The van der Waals surface area contributed by atoms with E-state index < -0.39 is 17.7 Å². The van der Waals surface area contributed by atoms with Crippen molar-refractivity contribution in [3.05, 3.63) is 35.4 Å². The summed E-state index contributed by atoms with van der Waals surface area (Å²) in [5.41, 5.74) is 0.254. The summed E-state index contributed by atoms with van der Waals surface area (Å²) in [6.07, 6.45) is -0.116. The summed E-state index contributed by atoms with van der Waals surface area (Å²) in [6.45, 7) is 0. The molecular formula is C14H17F3O2. The molecule has 0 heterocycles.